The van der Waals surface area contributed by atoms with E-state index < -0.39 is 13.9 Å². The topological polar surface area (TPSA) is 74.0 Å². The van der Waals surface area contributed by atoms with Gasteiger partial charge in [0.2, 0.25) is 0 Å². The van der Waals surface area contributed by atoms with E-state index in [9.17, 15) is 9.18 Å². The molecular formula is C25H43FN2O4Si. The molecule has 2 rings (SSSR count). The lowest BCUT2D eigenvalue weighted by Gasteiger charge is -2.45. The lowest BCUT2D eigenvalue weighted by atomic mass is 10.0. The fourth-order valence-electron chi connectivity index (χ4n) is 3.62. The number of anilines is 1. The van der Waals surface area contributed by atoms with Crippen molar-refractivity contribution >= 4 is 20.1 Å². The van der Waals surface area contributed by atoms with Crippen molar-refractivity contribution in [2.45, 2.75) is 103 Å². The summed E-state index contributed by atoms with van der Waals surface area (Å²) in [6.45, 7) is 19.2. The molecule has 6 nitrogen and oxygen atoms in total. The van der Waals surface area contributed by atoms with E-state index in [2.05, 4.69) is 33.9 Å². The van der Waals surface area contributed by atoms with Gasteiger partial charge in [0.05, 0.1) is 31.4 Å². The summed E-state index contributed by atoms with van der Waals surface area (Å²) in [5.41, 5.74) is 6.28. The van der Waals surface area contributed by atoms with Gasteiger partial charge in [-0.2, -0.15) is 0 Å². The summed E-state index contributed by atoms with van der Waals surface area (Å²) in [6.07, 6.45) is 0.0971. The number of rotatable bonds is 6. The molecule has 188 valence electrons. The molecule has 1 amide bonds. The Bertz CT molecular complexity index is 799. The Labute approximate surface area is 200 Å². The number of nitrogens with zero attached hydrogens (tertiary/aromatic N) is 1. The van der Waals surface area contributed by atoms with E-state index in [4.69, 9.17) is 19.6 Å². The number of hydrogen-bond acceptors (Lipinski definition) is 5. The molecule has 2 N–H and O–H groups in total. The Morgan fingerprint density at radius 1 is 1.24 bits per heavy atom. The average Bonchev–Trinajstić information content (AvgIpc) is 2.64. The predicted molar refractivity (Wildman–Crippen MR) is 133 cm³/mol. The molecule has 0 saturated carbocycles. The lowest BCUT2D eigenvalue weighted by Crippen LogP contribution is -2.60. The molecule has 0 aromatic heterocycles. The molecular weight excluding hydrogens is 439 g/mol. The van der Waals surface area contributed by atoms with Crippen LogP contribution in [0.5, 0.6) is 0 Å². The maximum absolute atomic E-state index is 14.2. The van der Waals surface area contributed by atoms with Crippen molar-refractivity contribution in [2.24, 2.45) is 0 Å². The quantitative estimate of drug-likeness (QED) is 0.412. The zero-order valence-electron chi connectivity index (χ0n) is 21.8. The molecule has 3 unspecified atom stereocenters. The van der Waals surface area contributed by atoms with E-state index in [1.807, 2.05) is 27.7 Å². The minimum Gasteiger partial charge on any atom is -0.444 e. The number of halogens is 1. The summed E-state index contributed by atoms with van der Waals surface area (Å²) in [6, 6.07) is 4.45. The highest BCUT2D eigenvalue weighted by Crippen LogP contribution is 2.37. The summed E-state index contributed by atoms with van der Waals surface area (Å²) >= 11 is 0. The lowest BCUT2D eigenvalue weighted by molar-refractivity contribution is -0.121. The normalized spacial score (nSPS) is 22.4. The molecule has 1 saturated heterocycles. The first-order valence-electron chi connectivity index (χ1n) is 11.8. The second-order valence-corrected chi connectivity index (χ2v) is 16.4. The molecule has 3 atom stereocenters. The zero-order valence-corrected chi connectivity index (χ0v) is 22.8. The number of benzene rings is 1. The van der Waals surface area contributed by atoms with Crippen LogP contribution in [0.1, 0.15) is 60.5 Å². The zero-order chi connectivity index (χ0) is 25.2. The number of hydrogen-bond donors (Lipinski definition) is 1. The third-order valence-electron chi connectivity index (χ3n) is 6.67. The van der Waals surface area contributed by atoms with Gasteiger partial charge in [0.1, 0.15) is 11.4 Å². The molecule has 8 heteroatoms. The van der Waals surface area contributed by atoms with Crippen LogP contribution in [0.15, 0.2) is 18.2 Å². The first kappa shape index (κ1) is 27.6. The summed E-state index contributed by atoms with van der Waals surface area (Å²) in [7, 11) is -2.01. The van der Waals surface area contributed by atoms with E-state index in [1.165, 1.54) is 6.07 Å². The monoisotopic (exact) mass is 482 g/mol. The summed E-state index contributed by atoms with van der Waals surface area (Å²) < 4.78 is 32.7. The summed E-state index contributed by atoms with van der Waals surface area (Å²) in [5.74, 6) is -0.316. The highest BCUT2D eigenvalue weighted by Gasteiger charge is 2.43. The van der Waals surface area contributed by atoms with Crippen molar-refractivity contribution in [1.82, 2.24) is 4.90 Å². The van der Waals surface area contributed by atoms with E-state index in [-0.39, 0.29) is 35.2 Å². The van der Waals surface area contributed by atoms with Gasteiger partial charge in [0.15, 0.2) is 8.32 Å². The van der Waals surface area contributed by atoms with Crippen molar-refractivity contribution in [3.8, 4) is 0 Å². The summed E-state index contributed by atoms with van der Waals surface area (Å²) in [4.78, 5) is 14.9. The van der Waals surface area contributed by atoms with Gasteiger partial charge < -0.3 is 19.6 Å². The summed E-state index contributed by atoms with van der Waals surface area (Å²) in [5, 5.41) is 0.0603. The Kier molecular flexibility index (Phi) is 8.63. The minimum atomic E-state index is -2.01. The minimum absolute atomic E-state index is 0.0603. The molecule has 0 spiro atoms. The number of nitrogen functional groups attached to an aromatic ring is 1. The van der Waals surface area contributed by atoms with Gasteiger partial charge in [-0.3, -0.25) is 4.90 Å². The van der Waals surface area contributed by atoms with Gasteiger partial charge in [-0.05, 0) is 70.8 Å². The molecule has 0 radical (unpaired) electrons. The number of amides is 1. The van der Waals surface area contributed by atoms with E-state index in [1.54, 1.807) is 17.0 Å². The second kappa shape index (κ2) is 10.3. The Balaban J connectivity index is 2.17. The van der Waals surface area contributed by atoms with Crippen molar-refractivity contribution in [3.63, 3.8) is 0 Å². The van der Waals surface area contributed by atoms with E-state index in [0.717, 1.165) is 0 Å². The van der Waals surface area contributed by atoms with Crippen LogP contribution < -0.4 is 5.73 Å². The highest BCUT2D eigenvalue weighted by atomic mass is 28.4. The number of carbonyl (C=O) groups excluding carboxylic acids is 1. The van der Waals surface area contributed by atoms with Crippen LogP contribution in [0.25, 0.3) is 0 Å². The maximum atomic E-state index is 14.2. The van der Waals surface area contributed by atoms with Gasteiger partial charge in [0.25, 0.3) is 0 Å². The predicted octanol–water partition coefficient (Wildman–Crippen LogP) is 5.76. The third-order valence-corrected chi connectivity index (χ3v) is 11.2. The average molecular weight is 483 g/mol. The van der Waals surface area contributed by atoms with Gasteiger partial charge in [-0.25, -0.2) is 9.18 Å². The molecule has 1 aliphatic heterocycles. The largest absolute Gasteiger partial charge is 0.444 e. The van der Waals surface area contributed by atoms with E-state index >= 15 is 0 Å². The van der Waals surface area contributed by atoms with Crippen molar-refractivity contribution < 1.29 is 23.1 Å². The molecule has 1 aliphatic rings. The fraction of sp³-hybridized carbons (Fsp3) is 0.720. The van der Waals surface area contributed by atoms with Crippen LogP contribution >= 0.6 is 0 Å². The molecule has 1 heterocycles. The number of carbonyl (C=O) groups is 1. The molecule has 1 aromatic rings. The first-order valence-corrected chi connectivity index (χ1v) is 14.7. The Morgan fingerprint density at radius 3 is 2.42 bits per heavy atom. The molecule has 1 aromatic carbocycles. The van der Waals surface area contributed by atoms with Crippen LogP contribution in [0, 0.1) is 5.82 Å². The van der Waals surface area contributed by atoms with Crippen molar-refractivity contribution in [2.75, 3.05) is 18.9 Å². The highest BCUT2D eigenvalue weighted by molar-refractivity contribution is 6.74. The first-order chi connectivity index (χ1) is 15.0. The molecule has 33 heavy (non-hydrogen) atoms. The van der Waals surface area contributed by atoms with Gasteiger partial charge in [-0.1, -0.05) is 26.8 Å². The van der Waals surface area contributed by atoms with Gasteiger partial charge >= 0.3 is 6.09 Å². The molecule has 0 bridgehead atoms. The van der Waals surface area contributed by atoms with Crippen LogP contribution in [0.4, 0.5) is 14.9 Å². The fourth-order valence-corrected chi connectivity index (χ4v) is 4.64. The molecule has 1 fully saturated rings. The Hall–Kier alpha value is -1.64. The van der Waals surface area contributed by atoms with Gasteiger partial charge in [0, 0.05) is 11.3 Å². The number of ether oxygens (including phenoxy) is 2. The standard InChI is InChI=1S/C25H43FN2O4Si/c1-17-22(16-30-33(8,9)25(5,6)7)28(23(29)32-24(2,3)4)15-18(31-17)13-14-19-20(26)11-10-12-21(19)27/h10-12,17-18,22H,13-16,27H2,1-9H3. The third kappa shape index (κ3) is 7.42. The van der Waals surface area contributed by atoms with Crippen molar-refractivity contribution in [3.05, 3.63) is 29.6 Å². The smallest absolute Gasteiger partial charge is 0.410 e. The Morgan fingerprint density at radius 2 is 1.88 bits per heavy atom. The van der Waals surface area contributed by atoms with E-state index in [0.29, 0.717) is 37.2 Å². The van der Waals surface area contributed by atoms with Crippen LogP contribution in [0.3, 0.4) is 0 Å². The van der Waals surface area contributed by atoms with Crippen molar-refractivity contribution in [1.29, 1.82) is 0 Å². The number of nitrogens with two attached hydrogens (primary N) is 1. The van der Waals surface area contributed by atoms with Crippen LogP contribution in [0.2, 0.25) is 18.1 Å². The van der Waals surface area contributed by atoms with Gasteiger partial charge in [-0.15, -0.1) is 0 Å². The van der Waals surface area contributed by atoms with Crippen LogP contribution in [-0.2, 0) is 20.3 Å². The number of morpholine rings is 1. The second-order valence-electron chi connectivity index (χ2n) is 11.6. The molecule has 0 aliphatic carbocycles. The SMILES string of the molecule is CC1OC(CCc2c(N)cccc2F)CN(C(=O)OC(C)(C)C)C1CO[Si](C)(C)C(C)(C)C. The maximum Gasteiger partial charge on any atom is 0.410 e. The van der Waals surface area contributed by atoms with Crippen LogP contribution in [-0.4, -0.2) is 56.3 Å².